The SMILES string of the molecule is COC(=O)c1ccc(C(O)C#CC[Si](C)(C)C)cc1. The predicted octanol–water partition coefficient (Wildman–Crippen LogP) is 2.85. The van der Waals surface area contributed by atoms with Crippen molar-refractivity contribution < 1.29 is 14.6 Å². The zero-order valence-electron chi connectivity index (χ0n) is 11.9. The van der Waals surface area contributed by atoms with E-state index in [9.17, 15) is 9.90 Å². The monoisotopic (exact) mass is 276 g/mol. The highest BCUT2D eigenvalue weighted by molar-refractivity contribution is 6.76. The number of esters is 1. The van der Waals surface area contributed by atoms with Crippen LogP contribution < -0.4 is 0 Å². The molecule has 0 fully saturated rings. The molecule has 1 rings (SSSR count). The van der Waals surface area contributed by atoms with Gasteiger partial charge < -0.3 is 9.84 Å². The number of ether oxygens (including phenoxy) is 1. The Balaban J connectivity index is 2.73. The van der Waals surface area contributed by atoms with Crippen molar-refractivity contribution in [2.45, 2.75) is 31.8 Å². The summed E-state index contributed by atoms with van der Waals surface area (Å²) in [4.78, 5) is 11.3. The predicted molar refractivity (Wildman–Crippen MR) is 78.7 cm³/mol. The number of benzene rings is 1. The molecule has 1 atom stereocenters. The average molecular weight is 276 g/mol. The maximum absolute atomic E-state index is 11.3. The molecule has 1 aromatic carbocycles. The number of hydrogen-bond acceptors (Lipinski definition) is 3. The van der Waals surface area contributed by atoms with Crippen molar-refractivity contribution in [3.05, 3.63) is 35.4 Å². The van der Waals surface area contributed by atoms with Gasteiger partial charge in [0.1, 0.15) is 6.10 Å². The first-order valence-corrected chi connectivity index (χ1v) is 9.89. The fraction of sp³-hybridized carbons (Fsp3) is 0.400. The lowest BCUT2D eigenvalue weighted by molar-refractivity contribution is 0.0600. The van der Waals surface area contributed by atoms with Crippen LogP contribution in [0.2, 0.25) is 25.7 Å². The minimum Gasteiger partial charge on any atom is -0.465 e. The average Bonchev–Trinajstić information content (AvgIpc) is 2.36. The molecule has 0 aromatic heterocycles. The Hall–Kier alpha value is -1.57. The lowest BCUT2D eigenvalue weighted by Gasteiger charge is -2.10. The number of aliphatic hydroxyl groups is 1. The van der Waals surface area contributed by atoms with Crippen molar-refractivity contribution in [1.82, 2.24) is 0 Å². The highest BCUT2D eigenvalue weighted by Gasteiger charge is 2.11. The Morgan fingerprint density at radius 1 is 1.32 bits per heavy atom. The Labute approximate surface area is 115 Å². The molecule has 0 saturated carbocycles. The Kier molecular flexibility index (Phi) is 5.34. The third kappa shape index (κ3) is 5.29. The van der Waals surface area contributed by atoms with Gasteiger partial charge in [-0.05, 0) is 17.7 Å². The molecule has 4 heteroatoms. The second-order valence-corrected chi connectivity index (χ2v) is 11.0. The van der Waals surface area contributed by atoms with Gasteiger partial charge in [-0.2, -0.15) is 0 Å². The van der Waals surface area contributed by atoms with Crippen LogP contribution in [0.3, 0.4) is 0 Å². The van der Waals surface area contributed by atoms with Crippen molar-refractivity contribution in [3.8, 4) is 11.8 Å². The standard InChI is InChI=1S/C15H20O3Si/c1-18-15(17)13-9-7-12(8-10-13)14(16)6-5-11-19(2,3)4/h7-10,14,16H,11H2,1-4H3. The Bertz CT molecular complexity index is 489. The topological polar surface area (TPSA) is 46.5 Å². The first-order chi connectivity index (χ1) is 8.83. The second kappa shape index (κ2) is 6.55. The maximum atomic E-state index is 11.3. The summed E-state index contributed by atoms with van der Waals surface area (Å²) in [6.45, 7) is 6.71. The fourth-order valence-corrected chi connectivity index (χ4v) is 2.05. The van der Waals surface area contributed by atoms with E-state index in [0.717, 1.165) is 6.04 Å². The number of methoxy groups -OCH3 is 1. The van der Waals surface area contributed by atoms with Gasteiger partial charge in [0.2, 0.25) is 0 Å². The van der Waals surface area contributed by atoms with Gasteiger partial charge in [-0.25, -0.2) is 4.79 Å². The molecule has 0 aliphatic heterocycles. The molecule has 0 heterocycles. The number of carbonyl (C=O) groups is 1. The molecule has 3 nitrogen and oxygen atoms in total. The molecule has 1 N–H and O–H groups in total. The molecule has 0 bridgehead atoms. The van der Waals surface area contributed by atoms with Gasteiger partial charge in [0, 0.05) is 6.04 Å². The molecule has 0 aliphatic rings. The maximum Gasteiger partial charge on any atom is 0.337 e. The van der Waals surface area contributed by atoms with E-state index in [4.69, 9.17) is 0 Å². The number of carbonyl (C=O) groups excluding carboxylic acids is 1. The molecule has 0 aliphatic carbocycles. The fourth-order valence-electron chi connectivity index (χ4n) is 1.42. The van der Waals surface area contributed by atoms with Crippen LogP contribution in [-0.4, -0.2) is 26.3 Å². The summed E-state index contributed by atoms with van der Waals surface area (Å²) in [6, 6.07) is 7.51. The van der Waals surface area contributed by atoms with E-state index in [-0.39, 0.29) is 5.97 Å². The van der Waals surface area contributed by atoms with Gasteiger partial charge in [-0.15, -0.1) is 5.92 Å². The quantitative estimate of drug-likeness (QED) is 0.524. The summed E-state index contributed by atoms with van der Waals surface area (Å²) in [5.74, 6) is 5.50. The summed E-state index contributed by atoms with van der Waals surface area (Å²) in [5.41, 5.74) is 1.16. The van der Waals surface area contributed by atoms with Gasteiger partial charge in [0.15, 0.2) is 0 Å². The van der Waals surface area contributed by atoms with Crippen LogP contribution in [0.4, 0.5) is 0 Å². The third-order valence-corrected chi connectivity index (χ3v) is 3.74. The van der Waals surface area contributed by atoms with E-state index >= 15 is 0 Å². The van der Waals surface area contributed by atoms with Crippen molar-refractivity contribution in [3.63, 3.8) is 0 Å². The van der Waals surface area contributed by atoms with Crippen LogP contribution in [0.25, 0.3) is 0 Å². The summed E-state index contributed by atoms with van der Waals surface area (Å²) in [5, 5.41) is 9.93. The molecular formula is C15H20O3Si. The molecule has 1 aromatic rings. The second-order valence-electron chi connectivity index (χ2n) is 5.57. The third-order valence-electron chi connectivity index (χ3n) is 2.51. The summed E-state index contributed by atoms with van der Waals surface area (Å²) in [6.07, 6.45) is -0.803. The molecular weight excluding hydrogens is 256 g/mol. The van der Waals surface area contributed by atoms with Gasteiger partial charge in [-0.1, -0.05) is 37.7 Å². The minimum atomic E-state index is -1.20. The number of aliphatic hydroxyl groups excluding tert-OH is 1. The molecule has 0 radical (unpaired) electrons. The van der Waals surface area contributed by atoms with Crippen molar-refractivity contribution in [2.24, 2.45) is 0 Å². The summed E-state index contributed by atoms with van der Waals surface area (Å²) in [7, 11) is 0.141. The number of hydrogen-bond donors (Lipinski definition) is 1. The van der Waals surface area contributed by atoms with Gasteiger partial charge >= 0.3 is 5.97 Å². The minimum absolute atomic E-state index is 0.383. The molecule has 0 saturated heterocycles. The van der Waals surface area contributed by atoms with E-state index in [1.165, 1.54) is 7.11 Å². The van der Waals surface area contributed by atoms with Crippen LogP contribution in [0, 0.1) is 11.8 Å². The van der Waals surface area contributed by atoms with Crippen LogP contribution in [0.1, 0.15) is 22.0 Å². The smallest absolute Gasteiger partial charge is 0.337 e. The van der Waals surface area contributed by atoms with Crippen LogP contribution >= 0.6 is 0 Å². The molecule has 102 valence electrons. The van der Waals surface area contributed by atoms with Gasteiger partial charge in [-0.3, -0.25) is 0 Å². The number of rotatable bonds is 3. The summed E-state index contributed by atoms with van der Waals surface area (Å²) < 4.78 is 4.61. The molecule has 0 spiro atoms. The van der Waals surface area contributed by atoms with E-state index in [0.29, 0.717) is 11.1 Å². The first-order valence-electron chi connectivity index (χ1n) is 6.18. The highest BCUT2D eigenvalue weighted by atomic mass is 28.3. The molecule has 19 heavy (non-hydrogen) atoms. The van der Waals surface area contributed by atoms with Crippen molar-refractivity contribution >= 4 is 14.0 Å². The Morgan fingerprint density at radius 3 is 2.37 bits per heavy atom. The van der Waals surface area contributed by atoms with Crippen molar-refractivity contribution in [1.29, 1.82) is 0 Å². The zero-order valence-corrected chi connectivity index (χ0v) is 12.9. The first kappa shape index (κ1) is 15.5. The van der Waals surface area contributed by atoms with E-state index in [2.05, 4.69) is 36.2 Å². The summed E-state index contributed by atoms with van der Waals surface area (Å²) >= 11 is 0. The van der Waals surface area contributed by atoms with Gasteiger partial charge in [0.25, 0.3) is 0 Å². The van der Waals surface area contributed by atoms with Crippen molar-refractivity contribution in [2.75, 3.05) is 7.11 Å². The zero-order chi connectivity index (χ0) is 14.5. The van der Waals surface area contributed by atoms with Crippen LogP contribution in [-0.2, 0) is 4.74 Å². The van der Waals surface area contributed by atoms with Crippen LogP contribution in [0.15, 0.2) is 24.3 Å². The van der Waals surface area contributed by atoms with E-state index in [1.807, 2.05) is 0 Å². The molecule has 1 unspecified atom stereocenters. The van der Waals surface area contributed by atoms with E-state index in [1.54, 1.807) is 24.3 Å². The lowest BCUT2D eigenvalue weighted by atomic mass is 10.1. The van der Waals surface area contributed by atoms with Gasteiger partial charge in [0.05, 0.1) is 20.7 Å². The van der Waals surface area contributed by atoms with E-state index < -0.39 is 14.2 Å². The highest BCUT2D eigenvalue weighted by Crippen LogP contribution is 2.14. The lowest BCUT2D eigenvalue weighted by Crippen LogP contribution is -2.17. The molecule has 0 amide bonds. The largest absolute Gasteiger partial charge is 0.465 e. The van der Waals surface area contributed by atoms with Crippen LogP contribution in [0.5, 0.6) is 0 Å². The Morgan fingerprint density at radius 2 is 1.89 bits per heavy atom. The normalized spacial score (nSPS) is 12.3.